The Bertz CT molecular complexity index is 219. The number of rotatable bonds is 1. The SMILES string of the molecule is NSc1c(Cl)cccc1Cl. The number of benzene rings is 1. The van der Waals surface area contributed by atoms with Gasteiger partial charge in [-0.15, -0.1) is 0 Å². The van der Waals surface area contributed by atoms with Crippen LogP contribution in [0.5, 0.6) is 0 Å². The van der Waals surface area contributed by atoms with E-state index in [2.05, 4.69) is 0 Å². The van der Waals surface area contributed by atoms with Gasteiger partial charge in [-0.2, -0.15) is 0 Å². The van der Waals surface area contributed by atoms with Gasteiger partial charge in [-0.3, -0.25) is 5.14 Å². The van der Waals surface area contributed by atoms with E-state index in [1.54, 1.807) is 18.2 Å². The normalized spacial score (nSPS) is 9.90. The van der Waals surface area contributed by atoms with Crippen molar-refractivity contribution in [3.8, 4) is 0 Å². The van der Waals surface area contributed by atoms with Crippen molar-refractivity contribution in [1.82, 2.24) is 0 Å². The summed E-state index contributed by atoms with van der Waals surface area (Å²) in [7, 11) is 0. The number of hydrogen-bond donors (Lipinski definition) is 1. The van der Waals surface area contributed by atoms with Crippen LogP contribution >= 0.6 is 35.1 Å². The first-order valence-corrected chi connectivity index (χ1v) is 4.20. The fourth-order valence-electron chi connectivity index (χ4n) is 0.595. The van der Waals surface area contributed by atoms with E-state index in [-0.39, 0.29) is 0 Å². The van der Waals surface area contributed by atoms with Crippen LogP contribution in [-0.4, -0.2) is 0 Å². The highest BCUT2D eigenvalue weighted by Crippen LogP contribution is 2.30. The third-order valence-electron chi connectivity index (χ3n) is 1.04. The summed E-state index contributed by atoms with van der Waals surface area (Å²) in [6, 6.07) is 5.29. The summed E-state index contributed by atoms with van der Waals surface area (Å²) in [5.41, 5.74) is 0. The average molecular weight is 194 g/mol. The Morgan fingerprint density at radius 3 is 2.00 bits per heavy atom. The lowest BCUT2D eigenvalue weighted by Crippen LogP contribution is -1.81. The third kappa shape index (κ3) is 1.58. The molecule has 0 radical (unpaired) electrons. The Balaban J connectivity index is 3.17. The molecule has 0 fully saturated rings. The molecule has 0 spiro atoms. The van der Waals surface area contributed by atoms with Gasteiger partial charge in [0.05, 0.1) is 14.9 Å². The lowest BCUT2D eigenvalue weighted by Gasteiger charge is -2.00. The molecule has 0 unspecified atom stereocenters. The first kappa shape index (κ1) is 8.21. The van der Waals surface area contributed by atoms with Crippen LogP contribution in [0.25, 0.3) is 0 Å². The van der Waals surface area contributed by atoms with Gasteiger partial charge in [-0.05, 0) is 24.1 Å². The Labute approximate surface area is 73.6 Å². The first-order valence-electron chi connectivity index (χ1n) is 2.56. The van der Waals surface area contributed by atoms with Crippen molar-refractivity contribution in [1.29, 1.82) is 0 Å². The molecular weight excluding hydrogens is 189 g/mol. The van der Waals surface area contributed by atoms with Crippen LogP contribution in [0.1, 0.15) is 0 Å². The van der Waals surface area contributed by atoms with E-state index < -0.39 is 0 Å². The summed E-state index contributed by atoms with van der Waals surface area (Å²) >= 11 is 12.5. The molecule has 0 heterocycles. The molecule has 0 amide bonds. The van der Waals surface area contributed by atoms with Crippen molar-refractivity contribution in [3.05, 3.63) is 28.2 Å². The van der Waals surface area contributed by atoms with Gasteiger partial charge in [0, 0.05) is 0 Å². The predicted octanol–water partition coefficient (Wildman–Crippen LogP) is 2.96. The van der Waals surface area contributed by atoms with E-state index in [0.29, 0.717) is 10.0 Å². The zero-order valence-electron chi connectivity index (χ0n) is 4.97. The minimum absolute atomic E-state index is 0.597. The molecule has 1 aromatic rings. The van der Waals surface area contributed by atoms with Gasteiger partial charge in [-0.1, -0.05) is 29.3 Å². The van der Waals surface area contributed by atoms with Crippen molar-refractivity contribution in [2.24, 2.45) is 5.14 Å². The molecule has 0 saturated carbocycles. The van der Waals surface area contributed by atoms with Crippen LogP contribution in [0.3, 0.4) is 0 Å². The summed E-state index contributed by atoms with van der Waals surface area (Å²) in [5.74, 6) is 0. The molecule has 1 aromatic carbocycles. The molecule has 0 aromatic heterocycles. The van der Waals surface area contributed by atoms with Crippen LogP contribution < -0.4 is 5.14 Å². The van der Waals surface area contributed by atoms with Gasteiger partial charge < -0.3 is 0 Å². The van der Waals surface area contributed by atoms with Crippen molar-refractivity contribution in [2.45, 2.75) is 4.90 Å². The molecule has 0 aliphatic heterocycles. The molecule has 1 nitrogen and oxygen atoms in total. The van der Waals surface area contributed by atoms with Crippen LogP contribution in [0.15, 0.2) is 23.1 Å². The quantitative estimate of drug-likeness (QED) is 0.695. The highest BCUT2D eigenvalue weighted by molar-refractivity contribution is 7.97. The van der Waals surface area contributed by atoms with E-state index in [1.165, 1.54) is 0 Å². The Kier molecular flexibility index (Phi) is 2.86. The van der Waals surface area contributed by atoms with E-state index in [1.807, 2.05) is 0 Å². The van der Waals surface area contributed by atoms with Crippen molar-refractivity contribution in [2.75, 3.05) is 0 Å². The molecule has 0 aliphatic rings. The monoisotopic (exact) mass is 193 g/mol. The highest BCUT2D eigenvalue weighted by atomic mass is 35.5. The van der Waals surface area contributed by atoms with Gasteiger partial charge in [0.15, 0.2) is 0 Å². The Morgan fingerprint density at radius 1 is 1.20 bits per heavy atom. The van der Waals surface area contributed by atoms with Crippen LogP contribution in [0.2, 0.25) is 10.0 Å². The Hall–Kier alpha value is 0.110. The van der Waals surface area contributed by atoms with E-state index in [9.17, 15) is 0 Å². The van der Waals surface area contributed by atoms with Gasteiger partial charge in [0.2, 0.25) is 0 Å². The minimum Gasteiger partial charge on any atom is -0.274 e. The van der Waals surface area contributed by atoms with Crippen LogP contribution in [-0.2, 0) is 0 Å². The van der Waals surface area contributed by atoms with Gasteiger partial charge >= 0.3 is 0 Å². The largest absolute Gasteiger partial charge is 0.274 e. The predicted molar refractivity (Wildman–Crippen MR) is 46.5 cm³/mol. The summed E-state index contributed by atoms with van der Waals surface area (Å²) in [4.78, 5) is 0.728. The molecule has 0 bridgehead atoms. The Morgan fingerprint density at radius 2 is 1.70 bits per heavy atom. The second-order valence-electron chi connectivity index (χ2n) is 1.67. The molecule has 0 atom stereocenters. The maximum atomic E-state index is 5.74. The average Bonchev–Trinajstić information content (AvgIpc) is 1.88. The molecule has 10 heavy (non-hydrogen) atoms. The van der Waals surface area contributed by atoms with E-state index in [0.717, 1.165) is 16.8 Å². The zero-order valence-corrected chi connectivity index (χ0v) is 7.30. The molecule has 0 aliphatic carbocycles. The molecule has 54 valence electrons. The lowest BCUT2D eigenvalue weighted by atomic mass is 10.4. The third-order valence-corrected chi connectivity index (χ3v) is 2.57. The zero-order chi connectivity index (χ0) is 7.56. The minimum atomic E-state index is 0.597. The summed E-state index contributed by atoms with van der Waals surface area (Å²) < 4.78 is 0. The van der Waals surface area contributed by atoms with E-state index >= 15 is 0 Å². The highest BCUT2D eigenvalue weighted by Gasteiger charge is 2.02. The molecular formula is C6H5Cl2NS. The van der Waals surface area contributed by atoms with Crippen molar-refractivity contribution in [3.63, 3.8) is 0 Å². The standard InChI is InChI=1S/C6H5Cl2NS/c7-4-2-1-3-5(8)6(4)10-9/h1-3H,9H2. The van der Waals surface area contributed by atoms with Crippen molar-refractivity contribution >= 4 is 35.1 Å². The van der Waals surface area contributed by atoms with Gasteiger partial charge in [-0.25, -0.2) is 0 Å². The van der Waals surface area contributed by atoms with Crippen LogP contribution in [0.4, 0.5) is 0 Å². The molecule has 0 saturated heterocycles. The fourth-order valence-corrected chi connectivity index (χ4v) is 1.62. The second-order valence-corrected chi connectivity index (χ2v) is 3.13. The topological polar surface area (TPSA) is 26.0 Å². The number of nitrogens with two attached hydrogens (primary N) is 1. The molecule has 1 rings (SSSR count). The summed E-state index contributed by atoms with van der Waals surface area (Å²) in [6.07, 6.45) is 0. The smallest absolute Gasteiger partial charge is 0.0598 e. The van der Waals surface area contributed by atoms with Crippen molar-refractivity contribution < 1.29 is 0 Å². The summed E-state index contributed by atoms with van der Waals surface area (Å²) in [5, 5.41) is 6.49. The van der Waals surface area contributed by atoms with Crippen LogP contribution in [0, 0.1) is 0 Å². The summed E-state index contributed by atoms with van der Waals surface area (Å²) in [6.45, 7) is 0. The lowest BCUT2D eigenvalue weighted by molar-refractivity contribution is 1.46. The van der Waals surface area contributed by atoms with Gasteiger partial charge in [0.25, 0.3) is 0 Å². The number of halogens is 2. The second kappa shape index (κ2) is 3.49. The maximum absolute atomic E-state index is 5.74. The maximum Gasteiger partial charge on any atom is 0.0598 e. The van der Waals surface area contributed by atoms with Gasteiger partial charge in [0.1, 0.15) is 0 Å². The fraction of sp³-hybridized carbons (Fsp3) is 0. The molecule has 4 heteroatoms. The molecule has 2 N–H and O–H groups in total. The number of hydrogen-bond acceptors (Lipinski definition) is 2. The first-order chi connectivity index (χ1) is 4.75. The van der Waals surface area contributed by atoms with E-state index in [4.69, 9.17) is 28.3 Å².